The molecule has 15 N–H and O–H groups in total. The van der Waals surface area contributed by atoms with Crippen molar-refractivity contribution in [1.82, 2.24) is 16.0 Å². The van der Waals surface area contributed by atoms with Crippen molar-refractivity contribution < 1.29 is 111 Å². The molecule has 336 valence electrons. The van der Waals surface area contributed by atoms with Gasteiger partial charge < -0.3 is 101 Å². The molecule has 27 nitrogen and oxygen atoms in total. The highest BCUT2D eigenvalue weighted by atomic mass is 32.3. The van der Waals surface area contributed by atoms with E-state index in [-0.39, 0.29) is 0 Å². The first kappa shape index (κ1) is 48.3. The van der Waals surface area contributed by atoms with Gasteiger partial charge in [0.05, 0.1) is 32.5 Å². The Morgan fingerprint density at radius 3 is 1.36 bits per heavy atom. The maximum Gasteiger partial charge on any atom is 0.397 e. The van der Waals surface area contributed by atoms with Gasteiger partial charge in [0.1, 0.15) is 91.4 Å². The summed E-state index contributed by atoms with van der Waals surface area (Å²) >= 11 is 0. The monoisotopic (exact) mass is 868 g/mol. The Morgan fingerprint density at radius 2 is 0.948 bits per heavy atom. The summed E-state index contributed by atoms with van der Waals surface area (Å²) < 4.78 is 76.4. The van der Waals surface area contributed by atoms with Crippen molar-refractivity contribution in [3.8, 4) is 0 Å². The molecular formula is C30H52N4O23S. The second-order valence-electron chi connectivity index (χ2n) is 14.0. The molecule has 4 heterocycles. The van der Waals surface area contributed by atoms with Crippen molar-refractivity contribution in [1.29, 1.82) is 0 Å². The third-order valence-electron chi connectivity index (χ3n) is 9.69. The first-order valence-electron chi connectivity index (χ1n) is 17.8. The minimum atomic E-state index is -5.13. The Kier molecular flexibility index (Phi) is 17.0. The fourth-order valence-electron chi connectivity index (χ4n) is 6.95. The molecule has 0 saturated carbocycles. The largest absolute Gasteiger partial charge is 0.397 e. The van der Waals surface area contributed by atoms with Crippen LogP contribution in [-0.4, -0.2) is 226 Å². The van der Waals surface area contributed by atoms with E-state index in [2.05, 4.69) is 20.1 Å². The van der Waals surface area contributed by atoms with Gasteiger partial charge in [0.2, 0.25) is 17.7 Å². The molecule has 3 amide bonds. The molecule has 0 aromatic carbocycles. The van der Waals surface area contributed by atoms with Gasteiger partial charge in [-0.05, 0) is 0 Å². The smallest absolute Gasteiger partial charge is 0.394 e. The predicted octanol–water partition coefficient (Wildman–Crippen LogP) is -9.52. The maximum absolute atomic E-state index is 12.4. The van der Waals surface area contributed by atoms with Crippen molar-refractivity contribution in [3.63, 3.8) is 0 Å². The number of amides is 3. The number of rotatable bonds is 15. The molecule has 4 rings (SSSR count). The van der Waals surface area contributed by atoms with E-state index in [0.717, 1.165) is 20.8 Å². The molecule has 4 aliphatic heterocycles. The lowest BCUT2D eigenvalue weighted by molar-refractivity contribution is -0.361. The quantitative estimate of drug-likeness (QED) is 0.0680. The fourth-order valence-corrected chi connectivity index (χ4v) is 7.26. The average Bonchev–Trinajstić information content (AvgIpc) is 3.14. The number of nitrogens with one attached hydrogen (secondary N) is 3. The van der Waals surface area contributed by atoms with E-state index < -0.39 is 177 Å². The van der Waals surface area contributed by atoms with Gasteiger partial charge in [0, 0.05) is 20.8 Å². The number of nitrogens with two attached hydrogens (primary N) is 1. The highest BCUT2D eigenvalue weighted by Crippen LogP contribution is 2.34. The molecule has 2 unspecified atom stereocenters. The molecule has 28 heteroatoms. The number of ether oxygens (including phenoxy) is 7. The highest BCUT2D eigenvalue weighted by Gasteiger charge is 2.56. The van der Waals surface area contributed by atoms with Crippen LogP contribution < -0.4 is 21.7 Å². The van der Waals surface area contributed by atoms with Crippen LogP contribution in [0, 0.1) is 0 Å². The molecule has 4 aliphatic rings. The molecule has 58 heavy (non-hydrogen) atoms. The molecule has 4 saturated heterocycles. The van der Waals surface area contributed by atoms with Gasteiger partial charge in [-0.15, -0.1) is 0 Å². The van der Waals surface area contributed by atoms with Crippen LogP contribution in [0.15, 0.2) is 0 Å². The summed E-state index contributed by atoms with van der Waals surface area (Å²) in [7, 11) is -5.13. The number of hydrogen-bond donors (Lipinski definition) is 14. The SMILES string of the molecule is CC(=O)N[C@H]1[C@H](O[C@H]2C(O)[C@@H](NC(C)=O)[C@H](O)O[C@H]2COS(=O)(=O)O)O[C@H](CO)[C@@H](O[C@@H]2O[C@H](CO)[C@@H](O[C@@H]3O[C@H](CO)[C@@H](O)[C@H](O)[C@H]3N)C(O)[C@H]2NC(C)=O)[C@@H]1O. The van der Waals surface area contributed by atoms with Gasteiger partial charge in [-0.25, -0.2) is 4.18 Å². The van der Waals surface area contributed by atoms with E-state index in [1.165, 1.54) is 0 Å². The van der Waals surface area contributed by atoms with Crippen LogP contribution in [0.2, 0.25) is 0 Å². The molecule has 0 spiro atoms. The Balaban J connectivity index is 1.62. The summed E-state index contributed by atoms with van der Waals surface area (Å²) in [6, 6.07) is -6.41. The number of aliphatic hydroxyl groups is 9. The van der Waals surface area contributed by atoms with Crippen LogP contribution in [0.25, 0.3) is 0 Å². The van der Waals surface area contributed by atoms with Gasteiger partial charge in [-0.1, -0.05) is 0 Å². The van der Waals surface area contributed by atoms with Crippen molar-refractivity contribution in [2.45, 2.75) is 143 Å². The maximum atomic E-state index is 12.4. The summed E-state index contributed by atoms with van der Waals surface area (Å²) in [5.74, 6) is -2.34. The van der Waals surface area contributed by atoms with Gasteiger partial charge in [-0.3, -0.25) is 18.9 Å². The van der Waals surface area contributed by atoms with Gasteiger partial charge >= 0.3 is 10.4 Å². The summed E-state index contributed by atoms with van der Waals surface area (Å²) in [4.78, 5) is 36.6. The zero-order chi connectivity index (χ0) is 43.4. The van der Waals surface area contributed by atoms with E-state index in [1.807, 2.05) is 0 Å². The van der Waals surface area contributed by atoms with Crippen LogP contribution >= 0.6 is 0 Å². The van der Waals surface area contributed by atoms with Crippen molar-refractivity contribution in [2.24, 2.45) is 5.73 Å². The van der Waals surface area contributed by atoms with Gasteiger partial charge in [-0.2, -0.15) is 8.42 Å². The summed E-state index contributed by atoms with van der Waals surface area (Å²) in [5, 5.41) is 103. The Hall–Kier alpha value is -2.40. The van der Waals surface area contributed by atoms with Crippen molar-refractivity contribution in [3.05, 3.63) is 0 Å². The van der Waals surface area contributed by atoms with Crippen LogP contribution in [0.4, 0.5) is 0 Å². The molecule has 0 aliphatic carbocycles. The van der Waals surface area contributed by atoms with Crippen LogP contribution in [-0.2, 0) is 62.1 Å². The molecule has 0 bridgehead atoms. The first-order chi connectivity index (χ1) is 27.1. The topological polar surface area (TPSA) is 424 Å². The van der Waals surface area contributed by atoms with Crippen LogP contribution in [0.5, 0.6) is 0 Å². The van der Waals surface area contributed by atoms with Crippen molar-refractivity contribution >= 4 is 28.1 Å². The second-order valence-corrected chi connectivity index (χ2v) is 15.1. The zero-order valence-corrected chi connectivity index (χ0v) is 32.0. The zero-order valence-electron chi connectivity index (χ0n) is 31.1. The van der Waals surface area contributed by atoms with Gasteiger partial charge in [0.25, 0.3) is 0 Å². The number of carbonyl (C=O) groups is 3. The van der Waals surface area contributed by atoms with Crippen molar-refractivity contribution in [2.75, 3.05) is 26.4 Å². The lowest BCUT2D eigenvalue weighted by Crippen LogP contribution is -2.71. The fraction of sp³-hybridized carbons (Fsp3) is 0.900. The predicted molar refractivity (Wildman–Crippen MR) is 181 cm³/mol. The summed E-state index contributed by atoms with van der Waals surface area (Å²) in [6.07, 6.45) is -28.0. The average molecular weight is 869 g/mol. The normalized spacial score (nSPS) is 43.6. The van der Waals surface area contributed by atoms with E-state index in [1.54, 1.807) is 0 Å². The molecule has 0 aromatic rings. The van der Waals surface area contributed by atoms with E-state index in [9.17, 15) is 68.8 Å². The van der Waals surface area contributed by atoms with E-state index in [0.29, 0.717) is 0 Å². The first-order valence-corrected chi connectivity index (χ1v) is 19.2. The Bertz CT molecular complexity index is 1500. The lowest BCUT2D eigenvalue weighted by Gasteiger charge is -2.50. The standard InChI is InChI=1S/C30H52N4O23S/c1-8(38)32-16-21(43)26(14(51-27(16)46)7-50-58(47,48)49)57-30-18(34-10(3)40)23(45)25(13(6-37)54-30)56-29-17(33-9(2)39)22(44)24(12(5-36)53-29)55-28-15(31)20(42)19(41)11(4-35)52-28/h11-30,35-37,41-46H,4-7,31H2,1-3H3,(H,32,38)(H,33,39)(H,34,40)(H,47,48,49)/t11-,12-,13-,14+,15-,16-,17-,18-,19-,20-,21?,22?,23-,24-,25-,26-,27-,28+,29+,30+/m1/s1. The van der Waals surface area contributed by atoms with E-state index in [4.69, 9.17) is 43.4 Å². The van der Waals surface area contributed by atoms with Gasteiger partial charge in [0.15, 0.2) is 25.2 Å². The third-order valence-corrected chi connectivity index (χ3v) is 10.1. The molecule has 4 fully saturated rings. The number of carbonyl (C=O) groups excluding carboxylic acids is 3. The number of aliphatic hydroxyl groups excluding tert-OH is 9. The summed E-state index contributed by atoms with van der Waals surface area (Å²) in [5.41, 5.74) is 5.97. The number of hydrogen-bond acceptors (Lipinski definition) is 23. The lowest BCUT2D eigenvalue weighted by atomic mass is 9.93. The summed E-state index contributed by atoms with van der Waals surface area (Å²) in [6.45, 7) is -0.659. The molecule has 20 atom stereocenters. The Labute approximate surface area is 330 Å². The third kappa shape index (κ3) is 11.5. The molecule has 0 radical (unpaired) electrons. The second kappa shape index (κ2) is 20.4. The molecule has 0 aromatic heterocycles. The highest BCUT2D eigenvalue weighted by molar-refractivity contribution is 7.80. The van der Waals surface area contributed by atoms with Crippen LogP contribution in [0.3, 0.4) is 0 Å². The molecular weight excluding hydrogens is 816 g/mol. The minimum absolute atomic E-state index is 0.757. The van der Waals surface area contributed by atoms with Crippen LogP contribution in [0.1, 0.15) is 20.8 Å². The Morgan fingerprint density at radius 1 is 0.569 bits per heavy atom. The van der Waals surface area contributed by atoms with E-state index >= 15 is 0 Å². The minimum Gasteiger partial charge on any atom is -0.394 e.